The molecule has 4 nitrogen and oxygen atoms in total. The van der Waals surface area contributed by atoms with Crippen molar-refractivity contribution in [3.05, 3.63) is 12.2 Å². The highest BCUT2D eigenvalue weighted by molar-refractivity contribution is 6.14. The van der Waals surface area contributed by atoms with Crippen molar-refractivity contribution in [2.45, 2.75) is 0 Å². The van der Waals surface area contributed by atoms with Crippen molar-refractivity contribution in [2.24, 2.45) is 0 Å². The molecule has 0 spiro atoms. The highest BCUT2D eigenvalue weighted by Gasteiger charge is 2.22. The van der Waals surface area contributed by atoms with E-state index >= 15 is 0 Å². The fourth-order valence-corrected chi connectivity index (χ4v) is 0.965. The third-order valence-corrected chi connectivity index (χ3v) is 1.70. The van der Waals surface area contributed by atoms with E-state index in [-0.39, 0.29) is 11.8 Å². The van der Waals surface area contributed by atoms with Gasteiger partial charge < -0.3 is 0 Å². The summed E-state index contributed by atoms with van der Waals surface area (Å²) in [4.78, 5) is 23.1. The fraction of sp³-hybridized carbons (Fsp3) is 0.429. The quantitative estimate of drug-likeness (QED) is 0.462. The lowest BCUT2D eigenvalue weighted by molar-refractivity contribution is -0.136. The molecule has 0 bridgehead atoms. The van der Waals surface area contributed by atoms with Crippen molar-refractivity contribution < 1.29 is 9.59 Å². The van der Waals surface area contributed by atoms with E-state index in [2.05, 4.69) is 0 Å². The lowest BCUT2D eigenvalue weighted by Gasteiger charge is -2.14. The molecule has 1 aliphatic heterocycles. The smallest absolute Gasteiger partial charge is 0.253 e. The van der Waals surface area contributed by atoms with Crippen LogP contribution in [0.25, 0.3) is 0 Å². The van der Waals surface area contributed by atoms with Crippen molar-refractivity contribution in [1.29, 1.82) is 0 Å². The second-order valence-corrected chi connectivity index (χ2v) is 3.07. The maximum absolute atomic E-state index is 11.0. The van der Waals surface area contributed by atoms with Crippen molar-refractivity contribution in [1.82, 2.24) is 9.32 Å². The minimum Gasteiger partial charge on any atom is -0.274 e. The first-order chi connectivity index (χ1) is 5.61. The average molecular weight is 189 g/mol. The summed E-state index contributed by atoms with van der Waals surface area (Å²) >= 11 is 5.52. The highest BCUT2D eigenvalue weighted by Crippen LogP contribution is 2.03. The Balaban J connectivity index is 2.43. The van der Waals surface area contributed by atoms with Crippen molar-refractivity contribution in [3.63, 3.8) is 0 Å². The Hall–Kier alpha value is -0.870. The molecule has 12 heavy (non-hydrogen) atoms. The first kappa shape index (κ1) is 9.22. The van der Waals surface area contributed by atoms with E-state index in [1.165, 1.54) is 16.6 Å². The highest BCUT2D eigenvalue weighted by atomic mass is 35.5. The molecule has 0 aromatic carbocycles. The van der Waals surface area contributed by atoms with Gasteiger partial charge in [-0.1, -0.05) is 0 Å². The Morgan fingerprint density at radius 2 is 1.92 bits per heavy atom. The predicted octanol–water partition coefficient (Wildman–Crippen LogP) is -0.00300. The van der Waals surface area contributed by atoms with Crippen LogP contribution in [0.15, 0.2) is 12.2 Å². The summed E-state index contributed by atoms with van der Waals surface area (Å²) < 4.78 is 1.40. The van der Waals surface area contributed by atoms with Crippen LogP contribution in [0.1, 0.15) is 0 Å². The van der Waals surface area contributed by atoms with E-state index in [4.69, 9.17) is 11.8 Å². The molecular formula is C7H9ClN2O2. The summed E-state index contributed by atoms with van der Waals surface area (Å²) in [5, 5.41) is 0. The van der Waals surface area contributed by atoms with Gasteiger partial charge in [-0.25, -0.2) is 4.42 Å². The standard InChI is InChI=1S/C7H9ClN2O2/c1-9(8)4-5-10-6(11)2-3-7(10)12/h2-3H,4-5H2,1H3. The number of carbonyl (C=O) groups excluding carboxylic acids is 2. The lowest BCUT2D eigenvalue weighted by atomic mass is 10.5. The summed E-state index contributed by atoms with van der Waals surface area (Å²) in [5.74, 6) is -0.531. The monoisotopic (exact) mass is 188 g/mol. The molecule has 1 heterocycles. The molecule has 0 aliphatic carbocycles. The number of hydrogen-bond donors (Lipinski definition) is 0. The predicted molar refractivity (Wildman–Crippen MR) is 44.3 cm³/mol. The van der Waals surface area contributed by atoms with E-state index in [1.54, 1.807) is 7.05 Å². The lowest BCUT2D eigenvalue weighted by Crippen LogP contribution is -2.35. The molecule has 0 aromatic rings. The zero-order valence-electron chi connectivity index (χ0n) is 6.66. The summed E-state index contributed by atoms with van der Waals surface area (Å²) in [7, 11) is 1.67. The molecule has 2 amide bonds. The minimum atomic E-state index is -0.265. The molecule has 5 heteroatoms. The van der Waals surface area contributed by atoms with Gasteiger partial charge in [0.1, 0.15) is 0 Å². The molecule has 0 N–H and O–H groups in total. The number of amides is 2. The normalized spacial score (nSPS) is 16.8. The molecule has 66 valence electrons. The molecule has 0 atom stereocenters. The molecule has 0 radical (unpaired) electrons. The van der Waals surface area contributed by atoms with Gasteiger partial charge in [-0.15, -0.1) is 0 Å². The SMILES string of the molecule is CN(Cl)CCN1C(=O)C=CC1=O. The van der Waals surface area contributed by atoms with E-state index in [9.17, 15) is 9.59 Å². The Bertz CT molecular complexity index is 220. The van der Waals surface area contributed by atoms with Gasteiger partial charge in [0.15, 0.2) is 0 Å². The van der Waals surface area contributed by atoms with Crippen LogP contribution in [0.5, 0.6) is 0 Å². The van der Waals surface area contributed by atoms with Gasteiger partial charge in [-0.3, -0.25) is 14.5 Å². The van der Waals surface area contributed by atoms with Crippen LogP contribution in [0.2, 0.25) is 0 Å². The van der Waals surface area contributed by atoms with Gasteiger partial charge in [-0.2, -0.15) is 0 Å². The van der Waals surface area contributed by atoms with Crippen LogP contribution in [-0.4, -0.2) is 41.3 Å². The van der Waals surface area contributed by atoms with Gasteiger partial charge >= 0.3 is 0 Å². The first-order valence-electron chi connectivity index (χ1n) is 3.51. The van der Waals surface area contributed by atoms with Crippen molar-refractivity contribution >= 4 is 23.6 Å². The molecule has 0 saturated carbocycles. The minimum absolute atomic E-state index is 0.265. The molecule has 1 aliphatic rings. The van der Waals surface area contributed by atoms with Crippen LogP contribution in [0.3, 0.4) is 0 Å². The Morgan fingerprint density at radius 3 is 2.33 bits per heavy atom. The second-order valence-electron chi connectivity index (χ2n) is 2.49. The van der Waals surface area contributed by atoms with Gasteiger partial charge in [0.2, 0.25) is 0 Å². The molecule has 0 unspecified atom stereocenters. The number of halogens is 1. The van der Waals surface area contributed by atoms with Gasteiger partial charge in [0.25, 0.3) is 11.8 Å². The number of hydrogen-bond acceptors (Lipinski definition) is 3. The summed E-state index contributed by atoms with van der Waals surface area (Å²) in [5.41, 5.74) is 0. The summed E-state index contributed by atoms with van der Waals surface area (Å²) in [6.45, 7) is 0.811. The second kappa shape index (κ2) is 3.69. The number of carbonyl (C=O) groups is 2. The number of rotatable bonds is 3. The van der Waals surface area contributed by atoms with Gasteiger partial charge in [0, 0.05) is 32.3 Å². The average Bonchev–Trinajstić information content (AvgIpc) is 2.28. The van der Waals surface area contributed by atoms with E-state index < -0.39 is 0 Å². The maximum Gasteiger partial charge on any atom is 0.253 e. The zero-order chi connectivity index (χ0) is 9.14. The van der Waals surface area contributed by atoms with Gasteiger partial charge in [-0.05, 0) is 11.8 Å². The zero-order valence-corrected chi connectivity index (χ0v) is 7.41. The molecule has 0 aromatic heterocycles. The van der Waals surface area contributed by atoms with Crippen LogP contribution in [0.4, 0.5) is 0 Å². The van der Waals surface area contributed by atoms with E-state index in [0.717, 1.165) is 4.90 Å². The number of likely N-dealkylation sites (N-methyl/N-ethyl adjacent to an activating group) is 1. The molecule has 1 rings (SSSR count). The van der Waals surface area contributed by atoms with Gasteiger partial charge in [0.05, 0.1) is 0 Å². The van der Waals surface area contributed by atoms with Crippen LogP contribution < -0.4 is 0 Å². The Kier molecular flexibility index (Phi) is 2.83. The van der Waals surface area contributed by atoms with Crippen LogP contribution in [0, 0.1) is 0 Å². The molecular weight excluding hydrogens is 180 g/mol. The third-order valence-electron chi connectivity index (χ3n) is 1.53. The third kappa shape index (κ3) is 2.06. The Labute approximate surface area is 75.5 Å². The van der Waals surface area contributed by atoms with Crippen LogP contribution >= 0.6 is 11.8 Å². The summed E-state index contributed by atoms with van der Waals surface area (Å²) in [6.07, 6.45) is 2.52. The summed E-state index contributed by atoms with van der Waals surface area (Å²) in [6, 6.07) is 0. The largest absolute Gasteiger partial charge is 0.274 e. The van der Waals surface area contributed by atoms with E-state index in [0.29, 0.717) is 13.1 Å². The molecule has 0 saturated heterocycles. The maximum atomic E-state index is 11.0. The van der Waals surface area contributed by atoms with Crippen LogP contribution in [-0.2, 0) is 9.59 Å². The molecule has 0 fully saturated rings. The van der Waals surface area contributed by atoms with E-state index in [1.807, 2.05) is 0 Å². The number of nitrogens with zero attached hydrogens (tertiary/aromatic N) is 2. The topological polar surface area (TPSA) is 40.6 Å². The van der Waals surface area contributed by atoms with Crippen molar-refractivity contribution in [2.75, 3.05) is 20.1 Å². The first-order valence-corrected chi connectivity index (χ1v) is 3.85. The van der Waals surface area contributed by atoms with Crippen molar-refractivity contribution in [3.8, 4) is 0 Å². The number of imide groups is 1. The fourth-order valence-electron chi connectivity index (χ4n) is 0.889. The Morgan fingerprint density at radius 1 is 1.42 bits per heavy atom.